The SMILES string of the molecule is CCCC1OCC(CC)(c2cccc(OCc3ccc4ccccc4c3)c2)O1. The van der Waals surface area contributed by atoms with Gasteiger partial charge in [0.2, 0.25) is 0 Å². The van der Waals surface area contributed by atoms with Gasteiger partial charge in [-0.2, -0.15) is 0 Å². The van der Waals surface area contributed by atoms with E-state index < -0.39 is 0 Å². The molecular formula is C25H28O3. The van der Waals surface area contributed by atoms with Gasteiger partial charge in [-0.25, -0.2) is 0 Å². The molecule has 0 saturated carbocycles. The molecule has 0 spiro atoms. The van der Waals surface area contributed by atoms with Crippen LogP contribution in [0.4, 0.5) is 0 Å². The summed E-state index contributed by atoms with van der Waals surface area (Å²) in [5, 5.41) is 2.49. The first-order chi connectivity index (χ1) is 13.7. The van der Waals surface area contributed by atoms with E-state index in [0.717, 1.165) is 36.1 Å². The van der Waals surface area contributed by atoms with Gasteiger partial charge in [0.05, 0.1) is 6.61 Å². The molecule has 1 aliphatic rings. The maximum Gasteiger partial charge on any atom is 0.159 e. The number of hydrogen-bond donors (Lipinski definition) is 0. The summed E-state index contributed by atoms with van der Waals surface area (Å²) in [5.41, 5.74) is 1.92. The Labute approximate surface area is 167 Å². The quantitative estimate of drug-likeness (QED) is 0.491. The number of ether oxygens (including phenoxy) is 3. The lowest BCUT2D eigenvalue weighted by Crippen LogP contribution is -2.28. The van der Waals surface area contributed by atoms with Crippen molar-refractivity contribution in [1.29, 1.82) is 0 Å². The van der Waals surface area contributed by atoms with Crippen molar-refractivity contribution in [3.05, 3.63) is 77.9 Å². The van der Waals surface area contributed by atoms with Crippen LogP contribution >= 0.6 is 0 Å². The van der Waals surface area contributed by atoms with Crippen LogP contribution in [0.5, 0.6) is 5.75 Å². The first kappa shape index (κ1) is 19.0. The number of benzene rings is 3. The van der Waals surface area contributed by atoms with Gasteiger partial charge in [-0.05, 0) is 52.9 Å². The van der Waals surface area contributed by atoms with Gasteiger partial charge in [-0.3, -0.25) is 0 Å². The molecular weight excluding hydrogens is 348 g/mol. The zero-order valence-corrected chi connectivity index (χ0v) is 16.7. The van der Waals surface area contributed by atoms with Crippen molar-refractivity contribution in [3.63, 3.8) is 0 Å². The Balaban J connectivity index is 1.48. The molecule has 2 atom stereocenters. The Hall–Kier alpha value is -2.36. The Morgan fingerprint density at radius 1 is 0.964 bits per heavy atom. The van der Waals surface area contributed by atoms with E-state index in [0.29, 0.717) is 13.2 Å². The molecule has 28 heavy (non-hydrogen) atoms. The molecule has 0 radical (unpaired) electrons. The summed E-state index contributed by atoms with van der Waals surface area (Å²) in [6.45, 7) is 5.45. The maximum atomic E-state index is 6.31. The van der Waals surface area contributed by atoms with Gasteiger partial charge in [0.15, 0.2) is 6.29 Å². The fraction of sp³-hybridized carbons (Fsp3) is 0.360. The van der Waals surface area contributed by atoms with E-state index in [-0.39, 0.29) is 11.9 Å². The highest BCUT2D eigenvalue weighted by atomic mass is 16.7. The van der Waals surface area contributed by atoms with Gasteiger partial charge in [-0.1, -0.05) is 68.8 Å². The fourth-order valence-electron chi connectivity index (χ4n) is 3.83. The van der Waals surface area contributed by atoms with Crippen molar-refractivity contribution in [2.75, 3.05) is 6.61 Å². The average molecular weight is 376 g/mol. The monoisotopic (exact) mass is 376 g/mol. The summed E-state index contributed by atoms with van der Waals surface area (Å²) in [5.74, 6) is 0.862. The predicted octanol–water partition coefficient (Wildman–Crippen LogP) is 6.20. The molecule has 2 unspecified atom stereocenters. The second kappa shape index (κ2) is 8.34. The lowest BCUT2D eigenvalue weighted by molar-refractivity contribution is -0.0970. The van der Waals surface area contributed by atoms with Crippen LogP contribution in [0.3, 0.4) is 0 Å². The smallest absolute Gasteiger partial charge is 0.159 e. The largest absolute Gasteiger partial charge is 0.489 e. The van der Waals surface area contributed by atoms with Gasteiger partial charge in [0, 0.05) is 0 Å². The van der Waals surface area contributed by atoms with E-state index in [1.165, 1.54) is 10.8 Å². The van der Waals surface area contributed by atoms with Crippen molar-refractivity contribution in [2.45, 2.75) is 51.6 Å². The van der Waals surface area contributed by atoms with Crippen LogP contribution in [0, 0.1) is 0 Å². The van der Waals surface area contributed by atoms with Crippen molar-refractivity contribution < 1.29 is 14.2 Å². The average Bonchev–Trinajstić information content (AvgIpc) is 3.17. The lowest BCUT2D eigenvalue weighted by Gasteiger charge is -2.27. The van der Waals surface area contributed by atoms with E-state index in [9.17, 15) is 0 Å². The zero-order chi connectivity index (χ0) is 19.4. The van der Waals surface area contributed by atoms with E-state index in [2.05, 4.69) is 68.4 Å². The number of rotatable bonds is 7. The van der Waals surface area contributed by atoms with E-state index in [1.807, 2.05) is 12.1 Å². The molecule has 0 aromatic heterocycles. The van der Waals surface area contributed by atoms with Crippen molar-refractivity contribution in [3.8, 4) is 5.75 Å². The van der Waals surface area contributed by atoms with E-state index in [4.69, 9.17) is 14.2 Å². The Morgan fingerprint density at radius 2 is 1.82 bits per heavy atom. The molecule has 1 aliphatic heterocycles. The maximum absolute atomic E-state index is 6.31. The third kappa shape index (κ3) is 3.91. The summed E-state index contributed by atoms with van der Waals surface area (Å²) < 4.78 is 18.3. The molecule has 1 fully saturated rings. The van der Waals surface area contributed by atoms with Gasteiger partial charge < -0.3 is 14.2 Å². The third-order valence-electron chi connectivity index (χ3n) is 5.53. The molecule has 1 heterocycles. The van der Waals surface area contributed by atoms with Crippen molar-refractivity contribution in [2.24, 2.45) is 0 Å². The Kier molecular flexibility index (Phi) is 5.65. The fourth-order valence-corrected chi connectivity index (χ4v) is 3.83. The Bertz CT molecular complexity index is 936. The van der Waals surface area contributed by atoms with Crippen molar-refractivity contribution in [1.82, 2.24) is 0 Å². The number of fused-ring (bicyclic) bond motifs is 1. The molecule has 146 valence electrons. The molecule has 0 aliphatic carbocycles. The Morgan fingerprint density at radius 3 is 2.64 bits per heavy atom. The minimum atomic E-state index is -0.373. The van der Waals surface area contributed by atoms with Gasteiger partial charge in [0.25, 0.3) is 0 Å². The first-order valence-electron chi connectivity index (χ1n) is 10.2. The van der Waals surface area contributed by atoms with Crippen LogP contribution in [0.1, 0.15) is 44.2 Å². The summed E-state index contributed by atoms with van der Waals surface area (Å²) in [6.07, 6.45) is 2.76. The highest BCUT2D eigenvalue weighted by Gasteiger charge is 2.41. The van der Waals surface area contributed by atoms with Crippen LogP contribution in [-0.4, -0.2) is 12.9 Å². The van der Waals surface area contributed by atoms with Crippen molar-refractivity contribution >= 4 is 10.8 Å². The summed E-state index contributed by atoms with van der Waals surface area (Å²) in [4.78, 5) is 0. The van der Waals surface area contributed by atoms with Crippen LogP contribution in [0.15, 0.2) is 66.7 Å². The van der Waals surface area contributed by atoms with E-state index in [1.54, 1.807) is 0 Å². The standard InChI is InChI=1S/C25H28O3/c1-3-8-24-27-18-25(4-2,28-24)22-11-7-12-23(16-22)26-17-19-13-14-20-9-5-6-10-21(20)15-19/h5-7,9-16,24H,3-4,8,17-18H2,1-2H3. The van der Waals surface area contributed by atoms with Crippen LogP contribution in [0.2, 0.25) is 0 Å². The highest BCUT2D eigenvalue weighted by Crippen LogP contribution is 2.39. The second-order valence-corrected chi connectivity index (χ2v) is 7.49. The second-order valence-electron chi connectivity index (χ2n) is 7.49. The van der Waals surface area contributed by atoms with Gasteiger partial charge >= 0.3 is 0 Å². The van der Waals surface area contributed by atoms with Gasteiger partial charge in [0.1, 0.15) is 18.0 Å². The van der Waals surface area contributed by atoms with Crippen LogP contribution < -0.4 is 4.74 Å². The molecule has 3 heteroatoms. The molecule has 1 saturated heterocycles. The molecule has 0 N–H and O–H groups in total. The number of hydrogen-bond acceptors (Lipinski definition) is 3. The minimum absolute atomic E-state index is 0.105. The van der Waals surface area contributed by atoms with Crippen LogP contribution in [0.25, 0.3) is 10.8 Å². The highest BCUT2D eigenvalue weighted by molar-refractivity contribution is 5.82. The molecule has 0 bridgehead atoms. The predicted molar refractivity (Wildman–Crippen MR) is 112 cm³/mol. The summed E-state index contributed by atoms with van der Waals surface area (Å²) in [7, 11) is 0. The lowest BCUT2D eigenvalue weighted by atomic mass is 9.92. The molecule has 3 nitrogen and oxygen atoms in total. The minimum Gasteiger partial charge on any atom is -0.489 e. The molecule has 0 amide bonds. The summed E-state index contributed by atoms with van der Waals surface area (Å²) >= 11 is 0. The van der Waals surface area contributed by atoms with E-state index >= 15 is 0 Å². The third-order valence-corrected chi connectivity index (χ3v) is 5.53. The first-order valence-corrected chi connectivity index (χ1v) is 10.2. The normalized spacial score (nSPS) is 21.9. The molecule has 3 aromatic carbocycles. The molecule has 3 aromatic rings. The van der Waals surface area contributed by atoms with Crippen LogP contribution in [-0.2, 0) is 21.7 Å². The topological polar surface area (TPSA) is 27.7 Å². The van der Waals surface area contributed by atoms with Gasteiger partial charge in [-0.15, -0.1) is 0 Å². The zero-order valence-electron chi connectivity index (χ0n) is 16.7. The molecule has 4 rings (SSSR count). The summed E-state index contributed by atoms with van der Waals surface area (Å²) in [6, 6.07) is 23.1.